The largest absolute Gasteiger partial charge is 0.508 e. The molecule has 0 saturated carbocycles. The van der Waals surface area contributed by atoms with Gasteiger partial charge in [-0.1, -0.05) is 19.1 Å². The van der Waals surface area contributed by atoms with Gasteiger partial charge in [0.2, 0.25) is 5.91 Å². The predicted molar refractivity (Wildman–Crippen MR) is 75.1 cm³/mol. The molecule has 104 valence electrons. The highest BCUT2D eigenvalue weighted by atomic mass is 16.3. The fourth-order valence-corrected chi connectivity index (χ4v) is 2.60. The number of aromatic hydroxyl groups is 1. The van der Waals surface area contributed by atoms with Crippen molar-refractivity contribution in [3.05, 3.63) is 29.8 Å². The second kappa shape index (κ2) is 6.57. The van der Waals surface area contributed by atoms with Crippen LogP contribution in [0.1, 0.15) is 25.3 Å². The fourth-order valence-electron chi connectivity index (χ4n) is 2.60. The van der Waals surface area contributed by atoms with Crippen LogP contribution in [0.25, 0.3) is 0 Å². The summed E-state index contributed by atoms with van der Waals surface area (Å²) < 4.78 is 0. The van der Waals surface area contributed by atoms with Crippen molar-refractivity contribution in [3.63, 3.8) is 0 Å². The van der Waals surface area contributed by atoms with Crippen LogP contribution in [0.15, 0.2) is 24.3 Å². The van der Waals surface area contributed by atoms with Crippen LogP contribution in [0, 0.1) is 0 Å². The van der Waals surface area contributed by atoms with Crippen LogP contribution in [0.5, 0.6) is 5.75 Å². The Kier molecular flexibility index (Phi) is 4.80. The summed E-state index contributed by atoms with van der Waals surface area (Å²) in [5.74, 6) is 0.371. The minimum atomic E-state index is 0.154. The summed E-state index contributed by atoms with van der Waals surface area (Å²) in [5.41, 5.74) is 0.872. The zero-order valence-electron chi connectivity index (χ0n) is 11.4. The van der Waals surface area contributed by atoms with Crippen molar-refractivity contribution in [3.8, 4) is 5.75 Å². The minimum absolute atomic E-state index is 0.154. The fraction of sp³-hybridized carbons (Fsp3) is 0.533. The Hall–Kier alpha value is -1.55. The summed E-state index contributed by atoms with van der Waals surface area (Å²) in [7, 11) is 0. The molecule has 0 bridgehead atoms. The maximum absolute atomic E-state index is 12.4. The van der Waals surface area contributed by atoms with E-state index in [0.29, 0.717) is 12.5 Å². The van der Waals surface area contributed by atoms with Gasteiger partial charge < -0.3 is 15.3 Å². The lowest BCUT2D eigenvalue weighted by Crippen LogP contribution is -2.42. The first-order valence-electron chi connectivity index (χ1n) is 6.98. The van der Waals surface area contributed by atoms with Crippen LogP contribution in [-0.2, 0) is 11.2 Å². The van der Waals surface area contributed by atoms with Crippen molar-refractivity contribution in [2.45, 2.75) is 32.2 Å². The van der Waals surface area contributed by atoms with E-state index in [1.165, 1.54) is 0 Å². The number of nitrogens with zero attached hydrogens (tertiary/aromatic N) is 1. The van der Waals surface area contributed by atoms with Crippen molar-refractivity contribution >= 4 is 5.91 Å². The number of phenols is 1. The first-order valence-corrected chi connectivity index (χ1v) is 6.98. The van der Waals surface area contributed by atoms with Gasteiger partial charge in [-0.25, -0.2) is 0 Å². The molecule has 1 fully saturated rings. The van der Waals surface area contributed by atoms with Gasteiger partial charge in [-0.05, 0) is 37.1 Å². The number of nitrogens with one attached hydrogen (secondary N) is 1. The first-order chi connectivity index (χ1) is 9.20. The Balaban J connectivity index is 2.02. The average molecular weight is 262 g/mol. The number of carbonyl (C=O) groups is 1. The summed E-state index contributed by atoms with van der Waals surface area (Å²) in [6, 6.07) is 7.27. The molecule has 19 heavy (non-hydrogen) atoms. The Morgan fingerprint density at radius 1 is 1.53 bits per heavy atom. The normalized spacial score (nSPS) is 18.5. The monoisotopic (exact) mass is 262 g/mol. The molecule has 1 saturated heterocycles. The van der Waals surface area contributed by atoms with Crippen LogP contribution < -0.4 is 5.32 Å². The van der Waals surface area contributed by atoms with E-state index in [1.807, 2.05) is 11.0 Å². The lowest BCUT2D eigenvalue weighted by atomic mass is 10.1. The highest BCUT2D eigenvalue weighted by Gasteiger charge is 2.25. The highest BCUT2D eigenvalue weighted by molar-refractivity contribution is 5.79. The molecule has 2 N–H and O–H groups in total. The van der Waals surface area contributed by atoms with E-state index in [-0.39, 0.29) is 11.7 Å². The standard InChI is InChI=1S/C15H22N2O2/c1-2-8-17(13-6-7-16-11-13)15(19)10-12-4-3-5-14(18)9-12/h3-5,9,13,16,18H,2,6-8,10-11H2,1H3. The minimum Gasteiger partial charge on any atom is -0.508 e. The van der Waals surface area contributed by atoms with E-state index in [2.05, 4.69) is 12.2 Å². The van der Waals surface area contributed by atoms with E-state index in [4.69, 9.17) is 0 Å². The second-order valence-corrected chi connectivity index (χ2v) is 5.08. The number of hydrogen-bond acceptors (Lipinski definition) is 3. The summed E-state index contributed by atoms with van der Waals surface area (Å²) in [6.45, 7) is 4.79. The number of rotatable bonds is 5. The number of carbonyl (C=O) groups excluding carboxylic acids is 1. The molecular formula is C15H22N2O2. The quantitative estimate of drug-likeness (QED) is 0.846. The van der Waals surface area contributed by atoms with E-state index in [0.717, 1.165) is 38.0 Å². The molecule has 1 aliphatic rings. The van der Waals surface area contributed by atoms with Gasteiger partial charge >= 0.3 is 0 Å². The van der Waals surface area contributed by atoms with Gasteiger partial charge in [0.15, 0.2) is 0 Å². The van der Waals surface area contributed by atoms with E-state index in [1.54, 1.807) is 18.2 Å². The molecule has 0 aliphatic carbocycles. The lowest BCUT2D eigenvalue weighted by Gasteiger charge is -2.28. The van der Waals surface area contributed by atoms with Crippen LogP contribution in [0.4, 0.5) is 0 Å². The van der Waals surface area contributed by atoms with Crippen molar-refractivity contribution in [2.24, 2.45) is 0 Å². The van der Waals surface area contributed by atoms with E-state index < -0.39 is 0 Å². The van der Waals surface area contributed by atoms with Gasteiger partial charge in [0.1, 0.15) is 5.75 Å². The zero-order chi connectivity index (χ0) is 13.7. The Labute approximate surface area is 114 Å². The van der Waals surface area contributed by atoms with Gasteiger partial charge in [0.25, 0.3) is 0 Å². The Morgan fingerprint density at radius 2 is 2.37 bits per heavy atom. The molecular weight excluding hydrogens is 240 g/mol. The molecule has 1 amide bonds. The van der Waals surface area contributed by atoms with Crippen molar-refractivity contribution < 1.29 is 9.90 Å². The predicted octanol–water partition coefficient (Wildman–Crippen LogP) is 1.54. The molecule has 1 atom stereocenters. The molecule has 1 aromatic carbocycles. The number of benzene rings is 1. The van der Waals surface area contributed by atoms with Crippen LogP contribution >= 0.6 is 0 Å². The zero-order valence-corrected chi connectivity index (χ0v) is 11.4. The second-order valence-electron chi connectivity index (χ2n) is 5.08. The van der Waals surface area contributed by atoms with Gasteiger partial charge in [-0.15, -0.1) is 0 Å². The molecule has 1 heterocycles. The number of amides is 1. The Morgan fingerprint density at radius 3 is 3.00 bits per heavy atom. The third-order valence-electron chi connectivity index (χ3n) is 3.53. The van der Waals surface area contributed by atoms with E-state index >= 15 is 0 Å². The Bertz CT molecular complexity index is 428. The summed E-state index contributed by atoms with van der Waals surface area (Å²) in [4.78, 5) is 14.4. The number of hydrogen-bond donors (Lipinski definition) is 2. The van der Waals surface area contributed by atoms with Gasteiger partial charge in [0, 0.05) is 19.1 Å². The molecule has 0 spiro atoms. The maximum Gasteiger partial charge on any atom is 0.227 e. The summed E-state index contributed by atoms with van der Waals surface area (Å²) in [6.07, 6.45) is 2.37. The molecule has 2 rings (SSSR count). The van der Waals surface area contributed by atoms with Crippen molar-refractivity contribution in [1.82, 2.24) is 10.2 Å². The van der Waals surface area contributed by atoms with Crippen molar-refractivity contribution in [1.29, 1.82) is 0 Å². The van der Waals surface area contributed by atoms with Gasteiger partial charge in [-0.2, -0.15) is 0 Å². The molecule has 4 nitrogen and oxygen atoms in total. The van der Waals surface area contributed by atoms with Crippen LogP contribution in [-0.4, -0.2) is 41.6 Å². The lowest BCUT2D eigenvalue weighted by molar-refractivity contribution is -0.132. The molecule has 0 aromatic heterocycles. The molecule has 1 unspecified atom stereocenters. The third-order valence-corrected chi connectivity index (χ3v) is 3.53. The molecule has 4 heteroatoms. The number of phenolic OH excluding ortho intramolecular Hbond substituents is 1. The average Bonchev–Trinajstić information content (AvgIpc) is 2.89. The van der Waals surface area contributed by atoms with Crippen LogP contribution in [0.3, 0.4) is 0 Å². The summed E-state index contributed by atoms with van der Waals surface area (Å²) in [5, 5.41) is 12.7. The topological polar surface area (TPSA) is 52.6 Å². The van der Waals surface area contributed by atoms with Crippen molar-refractivity contribution in [2.75, 3.05) is 19.6 Å². The maximum atomic E-state index is 12.4. The van der Waals surface area contributed by atoms with Crippen LogP contribution in [0.2, 0.25) is 0 Å². The van der Waals surface area contributed by atoms with Gasteiger partial charge in [-0.3, -0.25) is 4.79 Å². The molecule has 0 radical (unpaired) electrons. The SMILES string of the molecule is CCCN(C(=O)Cc1cccc(O)c1)C1CCNC1. The summed E-state index contributed by atoms with van der Waals surface area (Å²) >= 11 is 0. The smallest absolute Gasteiger partial charge is 0.227 e. The molecule has 1 aromatic rings. The van der Waals surface area contributed by atoms with Gasteiger partial charge in [0.05, 0.1) is 6.42 Å². The third kappa shape index (κ3) is 3.70. The molecule has 1 aliphatic heterocycles. The first kappa shape index (κ1) is 13.9. The highest BCUT2D eigenvalue weighted by Crippen LogP contribution is 2.15. The van der Waals surface area contributed by atoms with E-state index in [9.17, 15) is 9.90 Å².